The molecule has 2 rings (SSSR count). The summed E-state index contributed by atoms with van der Waals surface area (Å²) in [6, 6.07) is 19.9. The third-order valence-electron chi connectivity index (χ3n) is 4.61. The van der Waals surface area contributed by atoms with Gasteiger partial charge in [-0.05, 0) is 22.3 Å². The van der Waals surface area contributed by atoms with Gasteiger partial charge in [0.15, 0.2) is 0 Å². The minimum absolute atomic E-state index is 0.194. The van der Waals surface area contributed by atoms with Gasteiger partial charge < -0.3 is 14.8 Å². The Morgan fingerprint density at radius 3 is 1.81 bits per heavy atom. The quantitative estimate of drug-likeness (QED) is 0.712. The number of rotatable bonds is 7. The highest BCUT2D eigenvalue weighted by atomic mass is 28.4. The minimum Gasteiger partial charge on any atom is -0.465 e. The van der Waals surface area contributed by atoms with Gasteiger partial charge in [-0.3, -0.25) is 0 Å². The lowest BCUT2D eigenvalue weighted by Gasteiger charge is -2.44. The number of amides is 1. The second-order valence-corrected chi connectivity index (χ2v) is 12.3. The predicted molar refractivity (Wildman–Crippen MR) is 109 cm³/mol. The molecule has 0 aliphatic heterocycles. The first-order valence-corrected chi connectivity index (χ1v) is 10.9. The van der Waals surface area contributed by atoms with Crippen LogP contribution in [0.3, 0.4) is 0 Å². The molecule has 1 amide bonds. The fourth-order valence-electron chi connectivity index (χ4n) is 3.33. The Morgan fingerprint density at radius 1 is 1.00 bits per heavy atom. The fraction of sp³-hybridized carbons (Fsp3) is 0.381. The molecule has 0 radical (unpaired) electrons. The molecule has 6 heteroatoms. The number of nitrogens with one attached hydrogen (secondary N) is 1. The summed E-state index contributed by atoms with van der Waals surface area (Å²) in [5.74, 6) is 0. The highest BCUT2D eigenvalue weighted by molar-refractivity contribution is 6.99. The molecule has 0 saturated heterocycles. The smallest absolute Gasteiger partial charge is 0.404 e. The van der Waals surface area contributed by atoms with Crippen LogP contribution in [0.4, 0.5) is 9.18 Å². The Balaban J connectivity index is 2.48. The van der Waals surface area contributed by atoms with Crippen molar-refractivity contribution in [2.75, 3.05) is 13.2 Å². The number of carbonyl (C=O) groups is 1. The molecule has 0 heterocycles. The molecule has 0 aromatic heterocycles. The van der Waals surface area contributed by atoms with Gasteiger partial charge in [-0.1, -0.05) is 81.4 Å². The van der Waals surface area contributed by atoms with Gasteiger partial charge in [0.1, 0.15) is 5.67 Å². The average Bonchev–Trinajstić information content (AvgIpc) is 2.61. The van der Waals surface area contributed by atoms with Crippen molar-refractivity contribution >= 4 is 24.8 Å². The summed E-state index contributed by atoms with van der Waals surface area (Å²) in [5, 5.41) is 12.8. The average molecular weight is 390 g/mol. The van der Waals surface area contributed by atoms with Crippen LogP contribution in [-0.4, -0.2) is 38.3 Å². The number of hydrogen-bond acceptors (Lipinski definition) is 2. The van der Waals surface area contributed by atoms with E-state index in [9.17, 15) is 9.18 Å². The second-order valence-electron chi connectivity index (χ2n) is 8.02. The van der Waals surface area contributed by atoms with Crippen molar-refractivity contribution in [3.05, 3.63) is 60.7 Å². The normalized spacial score (nSPS) is 14.4. The molecule has 0 aliphatic rings. The van der Waals surface area contributed by atoms with Crippen molar-refractivity contribution < 1.29 is 18.7 Å². The van der Waals surface area contributed by atoms with Gasteiger partial charge in [0, 0.05) is 0 Å². The summed E-state index contributed by atoms with van der Waals surface area (Å²) in [4.78, 5) is 10.7. The van der Waals surface area contributed by atoms with Crippen molar-refractivity contribution in [2.24, 2.45) is 0 Å². The number of halogens is 1. The molecule has 0 spiro atoms. The molecule has 2 aromatic carbocycles. The van der Waals surface area contributed by atoms with Crippen molar-refractivity contribution in [1.29, 1.82) is 0 Å². The third kappa shape index (κ3) is 4.96. The molecule has 27 heavy (non-hydrogen) atoms. The van der Waals surface area contributed by atoms with Gasteiger partial charge in [0.25, 0.3) is 8.32 Å². The van der Waals surface area contributed by atoms with Crippen molar-refractivity contribution in [3.8, 4) is 0 Å². The van der Waals surface area contributed by atoms with Gasteiger partial charge >= 0.3 is 6.09 Å². The van der Waals surface area contributed by atoms with Crippen LogP contribution in [0.15, 0.2) is 60.7 Å². The van der Waals surface area contributed by atoms with Crippen LogP contribution < -0.4 is 15.7 Å². The zero-order valence-corrected chi connectivity index (χ0v) is 17.3. The molecule has 0 aliphatic carbocycles. The maximum Gasteiger partial charge on any atom is 0.404 e. The molecule has 4 nitrogen and oxygen atoms in total. The molecule has 2 N–H and O–H groups in total. The van der Waals surface area contributed by atoms with Crippen LogP contribution in [-0.2, 0) is 4.43 Å². The van der Waals surface area contributed by atoms with Gasteiger partial charge in [-0.2, -0.15) is 0 Å². The molecule has 0 unspecified atom stereocenters. The van der Waals surface area contributed by atoms with Gasteiger partial charge in [-0.15, -0.1) is 0 Å². The molecule has 0 bridgehead atoms. The second kappa shape index (κ2) is 8.23. The lowest BCUT2D eigenvalue weighted by molar-refractivity contribution is 0.0936. The molecule has 2 aromatic rings. The van der Waals surface area contributed by atoms with E-state index >= 15 is 0 Å². The highest BCUT2D eigenvalue weighted by Gasteiger charge is 2.51. The van der Waals surface area contributed by atoms with E-state index in [2.05, 4.69) is 26.1 Å². The standard InChI is InChI=1S/C21H28FNO3Si/c1-20(2,3)27(17-11-7-5-8-12-17,18-13-9-6-10-14-18)26-16-21(4,22)15-23-19(24)25/h5-14,23H,15-16H2,1-4H3,(H,24,25)/t21-/m0/s1. The van der Waals surface area contributed by atoms with E-state index in [0.717, 1.165) is 10.4 Å². The largest absolute Gasteiger partial charge is 0.465 e. The first-order valence-electron chi connectivity index (χ1n) is 8.99. The van der Waals surface area contributed by atoms with Crippen molar-refractivity contribution in [3.63, 3.8) is 0 Å². The van der Waals surface area contributed by atoms with Crippen molar-refractivity contribution in [1.82, 2.24) is 5.32 Å². The number of carboxylic acid groups (broad SMARTS) is 1. The number of benzene rings is 2. The minimum atomic E-state index is -2.83. The van der Waals surface area contributed by atoms with Crippen LogP contribution in [0.1, 0.15) is 27.7 Å². The molecular weight excluding hydrogens is 361 g/mol. The Labute approximate surface area is 161 Å². The van der Waals surface area contributed by atoms with Gasteiger partial charge in [0.05, 0.1) is 13.2 Å². The molecule has 1 atom stereocenters. The summed E-state index contributed by atoms with van der Waals surface area (Å²) in [6.45, 7) is 7.20. The number of hydrogen-bond donors (Lipinski definition) is 2. The summed E-state index contributed by atoms with van der Waals surface area (Å²) >= 11 is 0. The van der Waals surface area contributed by atoms with E-state index in [0.29, 0.717) is 0 Å². The van der Waals surface area contributed by atoms with E-state index in [1.54, 1.807) is 0 Å². The third-order valence-corrected chi connectivity index (χ3v) is 9.60. The Hall–Kier alpha value is -2.18. The van der Waals surface area contributed by atoms with Gasteiger partial charge in [-0.25, -0.2) is 9.18 Å². The lowest BCUT2D eigenvalue weighted by atomic mass is 10.1. The lowest BCUT2D eigenvalue weighted by Crippen LogP contribution is -2.67. The van der Waals surface area contributed by atoms with Gasteiger partial charge in [0.2, 0.25) is 0 Å². The maximum atomic E-state index is 15.0. The SMILES string of the molecule is CC(C)(C)[Si](OC[C@@](C)(F)CNC(=O)O)(c1ccccc1)c1ccccc1. The van der Waals surface area contributed by atoms with E-state index in [1.807, 2.05) is 60.7 Å². The molecule has 0 fully saturated rings. The zero-order chi connectivity index (χ0) is 20.1. The van der Waals surface area contributed by atoms with E-state index in [1.165, 1.54) is 6.92 Å². The monoisotopic (exact) mass is 389 g/mol. The first-order chi connectivity index (χ1) is 12.6. The van der Waals surface area contributed by atoms with E-state index in [4.69, 9.17) is 9.53 Å². The Kier molecular flexibility index (Phi) is 6.44. The maximum absolute atomic E-state index is 15.0. The molecule has 146 valence electrons. The summed E-state index contributed by atoms with van der Waals surface area (Å²) in [5.41, 5.74) is -1.81. The van der Waals surface area contributed by atoms with Crippen LogP contribution >= 0.6 is 0 Å². The first kappa shape index (κ1) is 21.1. The zero-order valence-electron chi connectivity index (χ0n) is 16.3. The fourth-order valence-corrected chi connectivity index (χ4v) is 8.00. The van der Waals surface area contributed by atoms with E-state index in [-0.39, 0.29) is 18.2 Å². The van der Waals surface area contributed by atoms with Crippen molar-refractivity contribution in [2.45, 2.75) is 38.4 Å². The summed E-state index contributed by atoms with van der Waals surface area (Å²) in [7, 11) is -2.83. The van der Waals surface area contributed by atoms with Crippen LogP contribution in [0.5, 0.6) is 0 Å². The Morgan fingerprint density at radius 2 is 1.44 bits per heavy atom. The number of alkyl halides is 1. The predicted octanol–water partition coefficient (Wildman–Crippen LogP) is 3.56. The van der Waals surface area contributed by atoms with E-state index < -0.39 is 20.1 Å². The summed E-state index contributed by atoms with van der Waals surface area (Å²) < 4.78 is 21.5. The highest BCUT2D eigenvalue weighted by Crippen LogP contribution is 2.37. The topological polar surface area (TPSA) is 58.6 Å². The van der Waals surface area contributed by atoms with Crippen LogP contribution in [0.2, 0.25) is 5.04 Å². The molecular formula is C21H28FNO3Si. The summed E-state index contributed by atoms with van der Waals surface area (Å²) in [6.07, 6.45) is -1.25. The van der Waals surface area contributed by atoms with Crippen LogP contribution in [0.25, 0.3) is 0 Å². The Bertz CT molecular complexity index is 706. The van der Waals surface area contributed by atoms with Crippen LogP contribution in [0, 0.1) is 0 Å². The molecule has 0 saturated carbocycles.